The summed E-state index contributed by atoms with van der Waals surface area (Å²) in [5.74, 6) is -0.699. The summed E-state index contributed by atoms with van der Waals surface area (Å²) >= 11 is 17.8. The van der Waals surface area contributed by atoms with Crippen LogP contribution < -0.4 is 0 Å². The van der Waals surface area contributed by atoms with Gasteiger partial charge in [-0.2, -0.15) is 0 Å². The highest BCUT2D eigenvalue weighted by Crippen LogP contribution is 2.36. The summed E-state index contributed by atoms with van der Waals surface area (Å²) in [7, 11) is 0. The van der Waals surface area contributed by atoms with Crippen LogP contribution in [-0.2, 0) is 0 Å². The van der Waals surface area contributed by atoms with Gasteiger partial charge in [0.1, 0.15) is 5.69 Å². The average molecular weight is 305 g/mol. The number of pyridine rings is 1. The van der Waals surface area contributed by atoms with Crippen molar-refractivity contribution in [3.63, 3.8) is 0 Å². The van der Waals surface area contributed by atoms with Gasteiger partial charge in [0.15, 0.2) is 12.1 Å². The number of hydrogen-bond acceptors (Lipinski definition) is 2. The van der Waals surface area contributed by atoms with Gasteiger partial charge in [0.2, 0.25) is 0 Å². The summed E-state index contributed by atoms with van der Waals surface area (Å²) in [4.78, 5) is 14.5. The molecular weight excluding hydrogens is 299 g/mol. The molecule has 0 radical (unpaired) electrons. The number of halogens is 4. The minimum absolute atomic E-state index is 0.281. The fraction of sp³-hybridized carbons (Fsp3) is 0. The van der Waals surface area contributed by atoms with Gasteiger partial charge in [-0.25, -0.2) is 9.37 Å². The lowest BCUT2D eigenvalue weighted by molar-refractivity contribution is 0.111. The van der Waals surface area contributed by atoms with Crippen molar-refractivity contribution in [1.82, 2.24) is 4.98 Å². The summed E-state index contributed by atoms with van der Waals surface area (Å²) < 4.78 is 13.2. The van der Waals surface area contributed by atoms with Gasteiger partial charge in [-0.3, -0.25) is 4.79 Å². The van der Waals surface area contributed by atoms with Gasteiger partial charge in [0.05, 0.1) is 15.7 Å². The smallest absolute Gasteiger partial charge is 0.171 e. The first kappa shape index (κ1) is 13.3. The fourth-order valence-electron chi connectivity index (χ4n) is 1.47. The fourth-order valence-corrected chi connectivity index (χ4v) is 2.48. The van der Waals surface area contributed by atoms with Gasteiger partial charge in [-0.15, -0.1) is 0 Å². The molecule has 1 aromatic carbocycles. The van der Waals surface area contributed by atoms with E-state index in [1.54, 1.807) is 0 Å². The first-order valence-electron chi connectivity index (χ1n) is 4.79. The number of aromatic nitrogens is 1. The first-order chi connectivity index (χ1) is 8.52. The van der Waals surface area contributed by atoms with Crippen LogP contribution in [0.1, 0.15) is 10.5 Å². The number of nitrogens with zero attached hydrogens (tertiary/aromatic N) is 1. The Morgan fingerprint density at radius 2 is 1.72 bits per heavy atom. The highest BCUT2D eigenvalue weighted by molar-refractivity contribution is 6.41. The molecule has 2 rings (SSSR count). The van der Waals surface area contributed by atoms with E-state index in [2.05, 4.69) is 4.98 Å². The van der Waals surface area contributed by atoms with Crippen molar-refractivity contribution in [1.29, 1.82) is 0 Å². The zero-order chi connectivity index (χ0) is 13.3. The molecule has 2 nitrogen and oxygen atoms in total. The summed E-state index contributed by atoms with van der Waals surface area (Å²) in [5, 5.41) is 0.943. The number of carbonyl (C=O) groups excluding carboxylic acids is 1. The molecule has 0 spiro atoms. The van der Waals surface area contributed by atoms with Gasteiger partial charge in [0, 0.05) is 10.6 Å². The Labute approximate surface area is 117 Å². The van der Waals surface area contributed by atoms with E-state index in [0.717, 1.165) is 6.07 Å². The largest absolute Gasteiger partial charge is 0.296 e. The second kappa shape index (κ2) is 5.22. The van der Waals surface area contributed by atoms with Crippen LogP contribution in [-0.4, -0.2) is 11.3 Å². The molecule has 92 valence electrons. The summed E-state index contributed by atoms with van der Waals surface area (Å²) in [6.45, 7) is 0. The molecule has 0 amide bonds. The number of carbonyl (C=O) groups is 1. The zero-order valence-corrected chi connectivity index (χ0v) is 11.0. The Balaban J connectivity index is 2.66. The lowest BCUT2D eigenvalue weighted by Crippen LogP contribution is -1.96. The Morgan fingerprint density at radius 1 is 1.11 bits per heavy atom. The van der Waals surface area contributed by atoms with E-state index in [9.17, 15) is 9.18 Å². The molecule has 6 heteroatoms. The minimum atomic E-state index is -0.699. The third kappa shape index (κ3) is 2.48. The van der Waals surface area contributed by atoms with Crippen LogP contribution in [0.15, 0.2) is 24.3 Å². The molecule has 0 saturated heterocycles. The molecule has 0 N–H and O–H groups in total. The van der Waals surface area contributed by atoms with Crippen molar-refractivity contribution < 1.29 is 9.18 Å². The maximum atomic E-state index is 13.2. The lowest BCUT2D eigenvalue weighted by Gasteiger charge is -2.08. The Bertz CT molecular complexity index is 608. The summed E-state index contributed by atoms with van der Waals surface area (Å²) in [6, 6.07) is 5.52. The second-order valence-electron chi connectivity index (χ2n) is 3.43. The van der Waals surface area contributed by atoms with Gasteiger partial charge in [0.25, 0.3) is 0 Å². The van der Waals surface area contributed by atoms with Crippen LogP contribution in [0.5, 0.6) is 0 Å². The van der Waals surface area contributed by atoms with E-state index in [-0.39, 0.29) is 15.7 Å². The van der Waals surface area contributed by atoms with E-state index < -0.39 is 5.82 Å². The highest BCUT2D eigenvalue weighted by atomic mass is 35.5. The number of rotatable bonds is 2. The minimum Gasteiger partial charge on any atom is -0.296 e. The predicted octanol–water partition coefficient (Wildman–Crippen LogP) is 4.66. The van der Waals surface area contributed by atoms with Gasteiger partial charge in [-0.05, 0) is 24.3 Å². The van der Waals surface area contributed by atoms with Crippen molar-refractivity contribution in [2.45, 2.75) is 0 Å². The molecule has 1 heterocycles. The molecule has 0 aliphatic carbocycles. The molecule has 0 bridgehead atoms. The molecule has 2 aromatic rings. The molecule has 0 fully saturated rings. The van der Waals surface area contributed by atoms with Crippen LogP contribution in [0.4, 0.5) is 4.39 Å². The zero-order valence-electron chi connectivity index (χ0n) is 8.75. The molecule has 0 saturated carbocycles. The van der Waals surface area contributed by atoms with E-state index in [1.807, 2.05) is 0 Å². The van der Waals surface area contributed by atoms with Crippen molar-refractivity contribution in [2.24, 2.45) is 0 Å². The Kier molecular flexibility index (Phi) is 3.85. The average Bonchev–Trinajstić information content (AvgIpc) is 2.30. The maximum Gasteiger partial charge on any atom is 0.171 e. The van der Waals surface area contributed by atoms with Crippen LogP contribution in [0.2, 0.25) is 15.1 Å². The third-order valence-corrected chi connectivity index (χ3v) is 3.06. The topological polar surface area (TPSA) is 30.0 Å². The molecule has 0 unspecified atom stereocenters. The molecule has 18 heavy (non-hydrogen) atoms. The Morgan fingerprint density at radius 3 is 2.28 bits per heavy atom. The van der Waals surface area contributed by atoms with Crippen molar-refractivity contribution >= 4 is 41.1 Å². The van der Waals surface area contributed by atoms with Crippen LogP contribution in [0.3, 0.4) is 0 Å². The summed E-state index contributed by atoms with van der Waals surface area (Å²) in [5.41, 5.74) is 0.422. The lowest BCUT2D eigenvalue weighted by atomic mass is 10.1. The van der Waals surface area contributed by atoms with Crippen LogP contribution >= 0.6 is 34.8 Å². The van der Waals surface area contributed by atoms with Gasteiger partial charge < -0.3 is 0 Å². The van der Waals surface area contributed by atoms with Crippen molar-refractivity contribution in [3.05, 3.63) is 50.8 Å². The predicted molar refractivity (Wildman–Crippen MR) is 70.0 cm³/mol. The summed E-state index contributed by atoms with van der Waals surface area (Å²) in [6.07, 6.45) is 0.330. The van der Waals surface area contributed by atoms with Gasteiger partial charge in [-0.1, -0.05) is 34.8 Å². The monoisotopic (exact) mass is 303 g/mol. The van der Waals surface area contributed by atoms with E-state index in [4.69, 9.17) is 34.8 Å². The molecule has 1 aromatic heterocycles. The number of benzene rings is 1. The Hall–Kier alpha value is -1.16. The maximum absolute atomic E-state index is 13.2. The van der Waals surface area contributed by atoms with E-state index >= 15 is 0 Å². The first-order valence-corrected chi connectivity index (χ1v) is 5.93. The van der Waals surface area contributed by atoms with Crippen molar-refractivity contribution in [2.75, 3.05) is 0 Å². The molecule has 0 aliphatic rings. The second-order valence-corrected chi connectivity index (χ2v) is 4.68. The quantitative estimate of drug-likeness (QED) is 0.755. The van der Waals surface area contributed by atoms with Crippen molar-refractivity contribution in [3.8, 4) is 11.3 Å². The van der Waals surface area contributed by atoms with E-state index in [0.29, 0.717) is 22.6 Å². The van der Waals surface area contributed by atoms with E-state index in [1.165, 1.54) is 18.2 Å². The molecular formula is C12H5Cl3FNO. The molecule has 0 aliphatic heterocycles. The molecule has 0 atom stereocenters. The highest BCUT2D eigenvalue weighted by Gasteiger charge is 2.13. The normalized spacial score (nSPS) is 10.4. The SMILES string of the molecule is O=Cc1nc(-c2c(Cl)cc(Cl)cc2Cl)ccc1F. The number of hydrogen-bond donors (Lipinski definition) is 0. The van der Waals surface area contributed by atoms with Crippen LogP contribution in [0, 0.1) is 5.82 Å². The standard InChI is InChI=1S/C12H5Cl3FNO/c13-6-3-7(14)12(8(15)4-6)10-2-1-9(16)11(5-18)17-10/h1-5H. The third-order valence-electron chi connectivity index (χ3n) is 2.25. The number of aldehydes is 1. The van der Waals surface area contributed by atoms with Gasteiger partial charge >= 0.3 is 0 Å². The van der Waals surface area contributed by atoms with Crippen LogP contribution in [0.25, 0.3) is 11.3 Å².